The van der Waals surface area contributed by atoms with Gasteiger partial charge in [0.1, 0.15) is 12.4 Å². The molecule has 2 atom stereocenters. The van der Waals surface area contributed by atoms with E-state index in [0.717, 1.165) is 16.9 Å². The van der Waals surface area contributed by atoms with Gasteiger partial charge in [0.2, 0.25) is 0 Å². The van der Waals surface area contributed by atoms with Crippen molar-refractivity contribution in [3.63, 3.8) is 0 Å². The molecule has 0 saturated carbocycles. The number of hydrogen-bond acceptors (Lipinski definition) is 4. The Morgan fingerprint density at radius 2 is 1.88 bits per heavy atom. The summed E-state index contributed by atoms with van der Waals surface area (Å²) in [5, 5.41) is 13.9. The Labute approximate surface area is 153 Å². The number of para-hydroxylation sites is 1. The highest BCUT2D eigenvalue weighted by atomic mass is 16.5. The van der Waals surface area contributed by atoms with Gasteiger partial charge in [-0.2, -0.15) is 0 Å². The fraction of sp³-hybridized carbons (Fsp3) is 0.227. The first kappa shape index (κ1) is 16.8. The molecule has 0 spiro atoms. The Kier molecular flexibility index (Phi) is 4.95. The van der Waals surface area contributed by atoms with E-state index in [0.29, 0.717) is 19.6 Å². The maximum atomic E-state index is 10.4. The highest BCUT2D eigenvalue weighted by Crippen LogP contribution is 2.32. The molecule has 1 aliphatic carbocycles. The summed E-state index contributed by atoms with van der Waals surface area (Å²) in [5.41, 5.74) is 4.52. The summed E-state index contributed by atoms with van der Waals surface area (Å²) < 4.78 is 5.99. The zero-order valence-electron chi connectivity index (χ0n) is 14.5. The molecule has 4 rings (SSSR count). The van der Waals surface area contributed by atoms with Crippen molar-refractivity contribution < 1.29 is 9.84 Å². The Balaban J connectivity index is 1.44. The quantitative estimate of drug-likeness (QED) is 0.718. The fourth-order valence-corrected chi connectivity index (χ4v) is 3.48. The van der Waals surface area contributed by atoms with E-state index >= 15 is 0 Å². The average molecular weight is 346 g/mol. The largest absolute Gasteiger partial charge is 0.489 e. The number of pyridine rings is 1. The second-order valence-corrected chi connectivity index (χ2v) is 6.59. The molecule has 0 unspecified atom stereocenters. The van der Waals surface area contributed by atoms with Crippen LogP contribution in [-0.4, -0.2) is 16.2 Å². The molecule has 0 saturated heterocycles. The van der Waals surface area contributed by atoms with Crippen LogP contribution in [-0.2, 0) is 19.6 Å². The second kappa shape index (κ2) is 7.68. The van der Waals surface area contributed by atoms with E-state index in [4.69, 9.17) is 4.74 Å². The van der Waals surface area contributed by atoms with E-state index in [1.807, 2.05) is 48.7 Å². The van der Waals surface area contributed by atoms with Gasteiger partial charge < -0.3 is 15.2 Å². The van der Waals surface area contributed by atoms with Gasteiger partial charge in [0.05, 0.1) is 12.1 Å². The average Bonchev–Trinajstić information content (AvgIpc) is 3.01. The maximum Gasteiger partial charge on any atom is 0.124 e. The van der Waals surface area contributed by atoms with Crippen molar-refractivity contribution in [3.8, 4) is 5.75 Å². The van der Waals surface area contributed by atoms with Gasteiger partial charge in [-0.05, 0) is 23.3 Å². The van der Waals surface area contributed by atoms with Gasteiger partial charge in [-0.3, -0.25) is 4.98 Å². The molecule has 132 valence electrons. The van der Waals surface area contributed by atoms with Crippen LogP contribution in [0.3, 0.4) is 0 Å². The van der Waals surface area contributed by atoms with Crippen LogP contribution in [0, 0.1) is 0 Å². The van der Waals surface area contributed by atoms with E-state index in [-0.39, 0.29) is 6.04 Å². The van der Waals surface area contributed by atoms with Crippen LogP contribution in [0.4, 0.5) is 0 Å². The molecule has 3 aromatic rings. The van der Waals surface area contributed by atoms with Crippen LogP contribution < -0.4 is 10.1 Å². The van der Waals surface area contributed by atoms with E-state index in [1.165, 1.54) is 11.1 Å². The molecule has 1 aliphatic rings. The van der Waals surface area contributed by atoms with Crippen LogP contribution in [0.2, 0.25) is 0 Å². The van der Waals surface area contributed by atoms with Crippen molar-refractivity contribution in [1.29, 1.82) is 0 Å². The minimum atomic E-state index is -0.393. The van der Waals surface area contributed by atoms with Gasteiger partial charge in [-0.25, -0.2) is 0 Å². The normalized spacial score (nSPS) is 18.5. The maximum absolute atomic E-state index is 10.4. The summed E-state index contributed by atoms with van der Waals surface area (Å²) in [7, 11) is 0. The van der Waals surface area contributed by atoms with Crippen LogP contribution >= 0.6 is 0 Å². The third-order valence-electron chi connectivity index (χ3n) is 4.81. The summed E-state index contributed by atoms with van der Waals surface area (Å²) >= 11 is 0. The minimum Gasteiger partial charge on any atom is -0.489 e. The van der Waals surface area contributed by atoms with E-state index in [9.17, 15) is 5.11 Å². The number of aliphatic hydroxyl groups is 1. The predicted octanol–water partition coefficient (Wildman–Crippen LogP) is 3.41. The summed E-state index contributed by atoms with van der Waals surface area (Å²) in [6.45, 7) is 1.12. The molecule has 2 N–H and O–H groups in total. The first-order chi connectivity index (χ1) is 12.8. The molecule has 26 heavy (non-hydrogen) atoms. The van der Waals surface area contributed by atoms with Gasteiger partial charge in [0, 0.05) is 36.5 Å². The van der Waals surface area contributed by atoms with Gasteiger partial charge in [-0.15, -0.1) is 0 Å². The second-order valence-electron chi connectivity index (χ2n) is 6.59. The lowest BCUT2D eigenvalue weighted by atomic mass is 10.1. The molecule has 1 heterocycles. The molecule has 0 bridgehead atoms. The fourth-order valence-electron chi connectivity index (χ4n) is 3.48. The zero-order chi connectivity index (χ0) is 17.8. The third-order valence-corrected chi connectivity index (χ3v) is 4.81. The number of benzene rings is 2. The van der Waals surface area contributed by atoms with Gasteiger partial charge >= 0.3 is 0 Å². The topological polar surface area (TPSA) is 54.4 Å². The van der Waals surface area contributed by atoms with Crippen LogP contribution in [0.1, 0.15) is 28.3 Å². The number of ether oxygens (including phenoxy) is 1. The number of rotatable bonds is 6. The Morgan fingerprint density at radius 1 is 1.04 bits per heavy atom. The molecule has 0 fully saturated rings. The number of aliphatic hydroxyl groups excluding tert-OH is 1. The lowest BCUT2D eigenvalue weighted by molar-refractivity contribution is 0.140. The van der Waals surface area contributed by atoms with Crippen LogP contribution in [0.25, 0.3) is 0 Å². The monoisotopic (exact) mass is 346 g/mol. The van der Waals surface area contributed by atoms with Gasteiger partial charge in [0.15, 0.2) is 0 Å². The standard InChI is InChI=1S/C22H22N2O2/c25-20-12-17-7-1-3-9-19(17)22(20)24-14-18-8-2-4-10-21(18)26-15-16-6-5-11-23-13-16/h1-11,13,20,22,24-25H,12,14-15H2/t20-,22+/m0/s1. The Morgan fingerprint density at radius 3 is 2.77 bits per heavy atom. The molecule has 4 nitrogen and oxygen atoms in total. The highest BCUT2D eigenvalue weighted by Gasteiger charge is 2.30. The number of aromatic nitrogens is 1. The number of hydrogen-bond donors (Lipinski definition) is 2. The molecular formula is C22H22N2O2. The summed E-state index contributed by atoms with van der Waals surface area (Å²) in [4.78, 5) is 4.12. The zero-order valence-corrected chi connectivity index (χ0v) is 14.5. The lowest BCUT2D eigenvalue weighted by Crippen LogP contribution is -2.28. The summed E-state index contributed by atoms with van der Waals surface area (Å²) in [5.74, 6) is 0.852. The SMILES string of the molecule is O[C@H]1Cc2ccccc2[C@H]1NCc1ccccc1OCc1cccnc1. The molecule has 4 heteroatoms. The molecule has 1 aromatic heterocycles. The first-order valence-electron chi connectivity index (χ1n) is 8.90. The van der Waals surface area contributed by atoms with Crippen LogP contribution in [0.15, 0.2) is 73.1 Å². The molecule has 0 amide bonds. The number of nitrogens with zero attached hydrogens (tertiary/aromatic N) is 1. The number of fused-ring (bicyclic) bond motifs is 1. The molecule has 0 radical (unpaired) electrons. The first-order valence-corrected chi connectivity index (χ1v) is 8.90. The van der Waals surface area contributed by atoms with Crippen molar-refractivity contribution in [2.24, 2.45) is 0 Å². The molecular weight excluding hydrogens is 324 g/mol. The van der Waals surface area contributed by atoms with E-state index < -0.39 is 6.10 Å². The highest BCUT2D eigenvalue weighted by molar-refractivity contribution is 5.37. The number of nitrogens with one attached hydrogen (secondary N) is 1. The van der Waals surface area contributed by atoms with Crippen molar-refractivity contribution >= 4 is 0 Å². The molecule has 0 aliphatic heterocycles. The van der Waals surface area contributed by atoms with Crippen molar-refractivity contribution in [1.82, 2.24) is 10.3 Å². The summed E-state index contributed by atoms with van der Waals surface area (Å²) in [6, 6.07) is 20.1. The third kappa shape index (κ3) is 3.62. The van der Waals surface area contributed by atoms with Crippen LogP contribution in [0.5, 0.6) is 5.75 Å². The Hall–Kier alpha value is -2.69. The van der Waals surface area contributed by atoms with Crippen molar-refractivity contribution in [3.05, 3.63) is 95.3 Å². The predicted molar refractivity (Wildman–Crippen MR) is 101 cm³/mol. The minimum absolute atomic E-state index is 0.0439. The van der Waals surface area contributed by atoms with Crippen molar-refractivity contribution in [2.75, 3.05) is 0 Å². The Bertz CT molecular complexity index is 867. The van der Waals surface area contributed by atoms with Gasteiger partial charge in [0.25, 0.3) is 0 Å². The molecule has 2 aromatic carbocycles. The van der Waals surface area contributed by atoms with Gasteiger partial charge in [-0.1, -0.05) is 48.5 Å². The van der Waals surface area contributed by atoms with E-state index in [1.54, 1.807) is 6.20 Å². The van der Waals surface area contributed by atoms with Crippen molar-refractivity contribution in [2.45, 2.75) is 31.7 Å². The lowest BCUT2D eigenvalue weighted by Gasteiger charge is -2.19. The van der Waals surface area contributed by atoms with E-state index in [2.05, 4.69) is 28.5 Å². The smallest absolute Gasteiger partial charge is 0.124 e. The summed E-state index contributed by atoms with van der Waals surface area (Å²) in [6.07, 6.45) is 3.88.